The third kappa shape index (κ3) is 36.7. The van der Waals surface area contributed by atoms with Gasteiger partial charge >= 0.3 is 0 Å². The maximum atomic E-state index is 13.3. The second-order valence-electron chi connectivity index (χ2n) is 21.4. The van der Waals surface area contributed by atoms with E-state index >= 15 is 0 Å². The highest BCUT2D eigenvalue weighted by Gasteiger charge is 2.30. The molecule has 1 saturated heterocycles. The number of aldehydes is 1. The fraction of sp³-hybridized carbons (Fsp3) is 0.774. The van der Waals surface area contributed by atoms with Crippen LogP contribution in [0.5, 0.6) is 0 Å². The summed E-state index contributed by atoms with van der Waals surface area (Å²) in [5, 5.41) is 16.8. The van der Waals surface area contributed by atoms with Crippen LogP contribution in [-0.4, -0.2) is 204 Å². The number of hydrogen-bond acceptors (Lipinski definition) is 19. The quantitative estimate of drug-likeness (QED) is 0.0195. The van der Waals surface area contributed by atoms with Gasteiger partial charge in [-0.15, -0.1) is 0 Å². The topological polar surface area (TPSA) is 248 Å². The predicted octanol–water partition coefficient (Wildman–Crippen LogP) is 6.42. The number of allylic oxidation sites excluding steroid dienone is 6. The summed E-state index contributed by atoms with van der Waals surface area (Å²) in [7, 11) is 3.51. The predicted molar refractivity (Wildman–Crippen MR) is 311 cm³/mol. The first-order chi connectivity index (χ1) is 39.7. The Morgan fingerprint density at radius 3 is 1.88 bits per heavy atom. The highest BCUT2D eigenvalue weighted by molar-refractivity contribution is 6.27. The molecule has 2 fully saturated rings. The minimum Gasteiger partial charge on any atom is -0.464 e. The summed E-state index contributed by atoms with van der Waals surface area (Å²) in [4.78, 5) is 72.5. The molecule has 20 heteroatoms. The number of carbonyl (C=O) groups is 6. The van der Waals surface area contributed by atoms with Gasteiger partial charge in [0.15, 0.2) is 6.29 Å². The Hall–Kier alpha value is -3.90. The molecule has 2 aliphatic rings. The average Bonchev–Trinajstić information content (AvgIpc) is 3.47. The fourth-order valence-electron chi connectivity index (χ4n) is 9.60. The molecule has 1 heterocycles. The number of nitrogens with one attached hydrogen (secondary N) is 2. The molecule has 82 heavy (non-hydrogen) atoms. The Balaban J connectivity index is 1.51. The molecule has 0 spiro atoms. The van der Waals surface area contributed by atoms with Gasteiger partial charge in [-0.05, 0) is 108 Å². The van der Waals surface area contributed by atoms with E-state index in [-0.39, 0.29) is 66.9 Å². The van der Waals surface area contributed by atoms with Crippen molar-refractivity contribution in [2.24, 2.45) is 23.7 Å². The minimum atomic E-state index is -1.01. The Kier molecular flexibility index (Phi) is 43.7. The van der Waals surface area contributed by atoms with Crippen LogP contribution in [0, 0.1) is 23.7 Å². The molecule has 8 atom stereocenters. The van der Waals surface area contributed by atoms with Gasteiger partial charge in [0.1, 0.15) is 23.8 Å². The SMILES string of the molecule is CNCCOCCOCCNC(=O)CCOCCOCCOCCOCCOCCOC1CCC(CCC(CC(=O)C(C)/C=C(\C)C(O)CC(=O)C(C)CC(C)/C=C/C=C/C=C(\C)C(CC2CCCC(C(=O)C=O)O2)OC)OC=O)CC1. The highest BCUT2D eigenvalue weighted by atomic mass is 16.6. The fourth-order valence-corrected chi connectivity index (χ4v) is 9.60. The van der Waals surface area contributed by atoms with E-state index in [1.54, 1.807) is 27.0 Å². The summed E-state index contributed by atoms with van der Waals surface area (Å²) in [6.07, 6.45) is 18.4. The van der Waals surface area contributed by atoms with E-state index < -0.39 is 30.0 Å². The lowest BCUT2D eigenvalue weighted by Gasteiger charge is -2.30. The van der Waals surface area contributed by atoms with E-state index in [1.807, 2.05) is 58.2 Å². The van der Waals surface area contributed by atoms with Crippen LogP contribution in [0.25, 0.3) is 0 Å². The second kappa shape index (κ2) is 48.3. The zero-order valence-electron chi connectivity index (χ0n) is 50.7. The van der Waals surface area contributed by atoms with Crippen LogP contribution in [-0.2, 0) is 80.9 Å². The van der Waals surface area contributed by atoms with Crippen molar-refractivity contribution in [3.63, 3.8) is 0 Å². The van der Waals surface area contributed by atoms with Crippen molar-refractivity contribution in [2.45, 2.75) is 161 Å². The zero-order valence-corrected chi connectivity index (χ0v) is 50.7. The summed E-state index contributed by atoms with van der Waals surface area (Å²) in [5.74, 6) is -0.999. The lowest BCUT2D eigenvalue weighted by atomic mass is 9.83. The molecule has 1 saturated carbocycles. The van der Waals surface area contributed by atoms with Gasteiger partial charge < -0.3 is 67.8 Å². The molecular formula is C62H104N2O18. The van der Waals surface area contributed by atoms with Crippen LogP contribution >= 0.6 is 0 Å². The molecule has 0 aromatic heterocycles. The average molecular weight is 1170 g/mol. The van der Waals surface area contributed by atoms with Crippen molar-refractivity contribution in [2.75, 3.05) is 126 Å². The Labute approximate surface area is 489 Å². The molecule has 8 unspecified atom stereocenters. The maximum Gasteiger partial charge on any atom is 0.293 e. The lowest BCUT2D eigenvalue weighted by molar-refractivity contribution is -0.145. The molecule has 1 amide bonds. The van der Waals surface area contributed by atoms with Crippen LogP contribution in [0.3, 0.4) is 0 Å². The molecule has 1 aliphatic heterocycles. The number of aliphatic hydroxyl groups is 1. The molecule has 470 valence electrons. The first-order valence-electron chi connectivity index (χ1n) is 30.0. The van der Waals surface area contributed by atoms with Gasteiger partial charge in [0.05, 0.1) is 124 Å². The molecule has 0 bridgehead atoms. The summed E-state index contributed by atoms with van der Waals surface area (Å²) >= 11 is 0. The molecule has 3 N–H and O–H groups in total. The Morgan fingerprint density at radius 2 is 1.28 bits per heavy atom. The summed E-state index contributed by atoms with van der Waals surface area (Å²) < 4.78 is 61.6. The van der Waals surface area contributed by atoms with Crippen LogP contribution < -0.4 is 10.6 Å². The number of methoxy groups -OCH3 is 1. The van der Waals surface area contributed by atoms with E-state index in [1.165, 1.54) is 0 Å². The lowest BCUT2D eigenvalue weighted by Crippen LogP contribution is -2.36. The Bertz CT molecular complexity index is 1850. The van der Waals surface area contributed by atoms with Crippen LogP contribution in [0.1, 0.15) is 125 Å². The van der Waals surface area contributed by atoms with Gasteiger partial charge in [0, 0.05) is 57.7 Å². The van der Waals surface area contributed by atoms with Crippen molar-refractivity contribution in [1.82, 2.24) is 10.6 Å². The molecule has 2 rings (SSSR count). The number of ketones is 3. The monoisotopic (exact) mass is 1160 g/mol. The number of hydrogen-bond donors (Lipinski definition) is 3. The summed E-state index contributed by atoms with van der Waals surface area (Å²) in [6.45, 7) is 18.0. The van der Waals surface area contributed by atoms with Gasteiger partial charge in [0.25, 0.3) is 6.47 Å². The molecule has 0 radical (unpaired) electrons. The first kappa shape index (κ1) is 74.2. The minimum absolute atomic E-state index is 0.0467. The molecular weight excluding hydrogens is 1060 g/mol. The van der Waals surface area contributed by atoms with E-state index in [9.17, 15) is 33.9 Å². The third-order valence-corrected chi connectivity index (χ3v) is 14.6. The normalized spacial score (nSPS) is 20.3. The molecule has 0 aromatic carbocycles. The first-order valence-corrected chi connectivity index (χ1v) is 30.0. The number of amides is 1. The molecule has 0 aromatic rings. The largest absolute Gasteiger partial charge is 0.464 e. The highest BCUT2D eigenvalue weighted by Crippen LogP contribution is 2.31. The van der Waals surface area contributed by atoms with E-state index in [2.05, 4.69) is 10.6 Å². The molecule has 1 aliphatic carbocycles. The third-order valence-electron chi connectivity index (χ3n) is 14.6. The number of Topliss-reactive ketones (excluding diaryl/α,β-unsaturated/α-hetero) is 3. The number of ether oxygens (including phenoxy) is 11. The van der Waals surface area contributed by atoms with Crippen LogP contribution in [0.15, 0.2) is 47.6 Å². The number of carbonyl (C=O) groups excluding carboxylic acids is 6. The Morgan fingerprint density at radius 1 is 0.683 bits per heavy atom. The van der Waals surface area contributed by atoms with E-state index in [4.69, 9.17) is 52.1 Å². The van der Waals surface area contributed by atoms with Crippen LogP contribution in [0.2, 0.25) is 0 Å². The number of likely N-dealkylation sites (N-methyl/N-ethyl adjacent to an activating group) is 1. The van der Waals surface area contributed by atoms with Crippen molar-refractivity contribution in [3.8, 4) is 0 Å². The smallest absolute Gasteiger partial charge is 0.293 e. The van der Waals surface area contributed by atoms with Gasteiger partial charge in [-0.2, -0.15) is 0 Å². The van der Waals surface area contributed by atoms with Gasteiger partial charge in [-0.3, -0.25) is 28.8 Å². The standard InChI is InChI=1S/C62H104N2O18/c1-47(12-9-8-10-13-48(2)61(72-7)43-55-14-11-15-60(82-55)59(70)45-65)40-49(3)57(68)44-58(69)51(5)41-50(4)56(67)42-54(81-46-66)21-18-52-16-19-53(20-17-52)80-39-38-79-37-36-78-35-34-77-33-32-76-31-28-73-25-22-62(71)64-24-27-75-30-29-74-26-23-63-6/h8-10,12-13,41,45-47,49-50,52-55,58,60-61,63,69H,11,14-40,42-44H2,1-7H3,(H,64,71)/b10-8+,12-9+,48-13+,51-41+. The molecule has 20 nitrogen and oxygen atoms in total. The zero-order chi connectivity index (χ0) is 60.0. The maximum absolute atomic E-state index is 13.3. The van der Waals surface area contributed by atoms with Crippen molar-refractivity contribution in [1.29, 1.82) is 0 Å². The van der Waals surface area contributed by atoms with E-state index in [0.717, 1.165) is 57.1 Å². The number of rotatable bonds is 52. The van der Waals surface area contributed by atoms with Crippen molar-refractivity contribution < 1.29 is 86.0 Å². The number of aliphatic hydroxyl groups excluding tert-OH is 1. The van der Waals surface area contributed by atoms with Gasteiger partial charge in [-0.1, -0.05) is 57.2 Å². The van der Waals surface area contributed by atoms with Crippen molar-refractivity contribution >= 4 is 36.0 Å². The van der Waals surface area contributed by atoms with Crippen molar-refractivity contribution in [3.05, 3.63) is 47.6 Å². The van der Waals surface area contributed by atoms with Crippen LogP contribution in [0.4, 0.5) is 0 Å². The summed E-state index contributed by atoms with van der Waals surface area (Å²) in [6, 6.07) is 0. The summed E-state index contributed by atoms with van der Waals surface area (Å²) in [5.41, 5.74) is 1.56. The second-order valence-corrected chi connectivity index (χ2v) is 21.4. The van der Waals surface area contributed by atoms with Gasteiger partial charge in [0.2, 0.25) is 11.7 Å². The van der Waals surface area contributed by atoms with Gasteiger partial charge in [-0.25, -0.2) is 0 Å². The van der Waals surface area contributed by atoms with E-state index in [0.29, 0.717) is 156 Å².